The molecule has 4 heterocycles. The van der Waals surface area contributed by atoms with Crippen LogP contribution in [-0.4, -0.2) is 67.4 Å². The summed E-state index contributed by atoms with van der Waals surface area (Å²) in [5, 5.41) is 35.7. The Bertz CT molecular complexity index is 322. The molecule has 4 aliphatic heterocycles. The average molecular weight is 273 g/mol. The quantitative estimate of drug-likeness (QED) is 0.545. The van der Waals surface area contributed by atoms with Crippen LogP contribution in [-0.2, 0) is 0 Å². The van der Waals surface area contributed by atoms with E-state index in [2.05, 4.69) is 0 Å². The van der Waals surface area contributed by atoms with E-state index in [9.17, 15) is 15.6 Å². The zero-order chi connectivity index (χ0) is 14.1. The molecule has 4 aliphatic rings. The maximum atomic E-state index is 10.7. The fraction of sp³-hybridized carbons (Fsp3) is 1.00. The Hall–Kier alpha value is -0.280. The monoisotopic (exact) mass is 273 g/mol. The molecule has 0 aromatic rings. The molecule has 0 spiro atoms. The lowest BCUT2D eigenvalue weighted by Gasteiger charge is -2.72. The maximum Gasteiger partial charge on any atom is 0.173 e. The van der Waals surface area contributed by atoms with Crippen LogP contribution in [0.3, 0.4) is 0 Å². The van der Waals surface area contributed by atoms with E-state index in [-0.39, 0.29) is 0 Å². The van der Waals surface area contributed by atoms with Crippen molar-refractivity contribution in [1.82, 2.24) is 15.2 Å². The number of piperazine rings is 3. The molecule has 4 fully saturated rings. The second-order valence-electron chi connectivity index (χ2n) is 6.22. The Morgan fingerprint density at radius 1 is 0.737 bits per heavy atom. The molecule has 0 aromatic heterocycles. The third kappa shape index (κ3) is 1.23. The van der Waals surface area contributed by atoms with Gasteiger partial charge in [-0.05, 0) is 19.3 Å². The summed E-state index contributed by atoms with van der Waals surface area (Å²) in [5.74, 6) is 0. The fourth-order valence-corrected chi connectivity index (χ4v) is 4.54. The van der Waals surface area contributed by atoms with E-state index in [1.54, 1.807) is 0 Å². The van der Waals surface area contributed by atoms with Crippen LogP contribution >= 0.6 is 0 Å². The third-order valence-corrected chi connectivity index (χ3v) is 5.66. The Morgan fingerprint density at radius 3 is 1.21 bits per heavy atom. The second-order valence-corrected chi connectivity index (χ2v) is 6.22. The van der Waals surface area contributed by atoms with Crippen molar-refractivity contribution in [1.29, 1.82) is 0 Å². The van der Waals surface area contributed by atoms with Gasteiger partial charge in [0.2, 0.25) is 0 Å². The Kier molecular flexibility index (Phi) is 2.80. The molecule has 7 heteroatoms. The minimum atomic E-state index is -0.795. The third-order valence-electron chi connectivity index (χ3n) is 5.66. The molecule has 0 unspecified atom stereocenters. The lowest BCUT2D eigenvalue weighted by molar-refractivity contribution is -0.967. The largest absolute Gasteiger partial charge is 0.327 e. The van der Waals surface area contributed by atoms with Crippen LogP contribution in [0.2, 0.25) is 0 Å². The first-order chi connectivity index (χ1) is 8.93. The molecule has 4 rings (SSSR count). The number of hydrogen-bond donors (Lipinski definition) is 4. The zero-order valence-electron chi connectivity index (χ0n) is 11.9. The van der Waals surface area contributed by atoms with Crippen molar-refractivity contribution in [3.63, 3.8) is 0 Å². The van der Waals surface area contributed by atoms with E-state index in [4.69, 9.17) is 0 Å². The van der Waals surface area contributed by atoms with Crippen molar-refractivity contribution in [3.8, 4) is 0 Å². The summed E-state index contributed by atoms with van der Waals surface area (Å²) >= 11 is 0. The average Bonchev–Trinajstić information content (AvgIpc) is 2.44. The van der Waals surface area contributed by atoms with Crippen LogP contribution in [0.25, 0.3) is 0 Å². The smallest absolute Gasteiger partial charge is 0.173 e. The normalized spacial score (nSPS) is 51.2. The molecule has 110 valence electrons. The number of quaternary nitrogens is 1. The van der Waals surface area contributed by atoms with Crippen LogP contribution in [0, 0.1) is 0 Å². The molecule has 4 N–H and O–H groups in total. The number of nitrogens with one attached hydrogen (secondary N) is 1. The van der Waals surface area contributed by atoms with Gasteiger partial charge in [0.25, 0.3) is 0 Å². The maximum absolute atomic E-state index is 10.7. The van der Waals surface area contributed by atoms with Gasteiger partial charge in [0.05, 0.1) is 0 Å². The molecule has 4 saturated heterocycles. The van der Waals surface area contributed by atoms with Gasteiger partial charge in [-0.15, -0.1) is 15.2 Å². The van der Waals surface area contributed by atoms with Crippen LogP contribution < -0.4 is 4.90 Å². The lowest BCUT2D eigenvalue weighted by Crippen LogP contribution is -3.28. The SMILES string of the molecule is CCC12C[NH+]3CC(CC)(N1O)N(O)C(CC)(C3)N2O. The van der Waals surface area contributed by atoms with E-state index in [1.165, 1.54) is 20.1 Å². The molecular formula is C12H25N4O3+. The summed E-state index contributed by atoms with van der Waals surface area (Å²) in [6.45, 7) is 7.92. The molecule has 0 amide bonds. The highest BCUT2D eigenvalue weighted by molar-refractivity contribution is 5.10. The number of hydroxylamine groups is 6. The van der Waals surface area contributed by atoms with Gasteiger partial charge in [-0.2, -0.15) is 0 Å². The van der Waals surface area contributed by atoms with Crippen molar-refractivity contribution >= 4 is 0 Å². The van der Waals surface area contributed by atoms with Crippen molar-refractivity contribution in [2.75, 3.05) is 19.6 Å². The van der Waals surface area contributed by atoms with E-state index in [0.717, 1.165) is 0 Å². The summed E-state index contributed by atoms with van der Waals surface area (Å²) in [4.78, 5) is 1.34. The molecule has 7 nitrogen and oxygen atoms in total. The molecule has 0 radical (unpaired) electrons. The first-order valence-corrected chi connectivity index (χ1v) is 7.24. The zero-order valence-corrected chi connectivity index (χ0v) is 11.9. The Balaban J connectivity index is 2.18. The topological polar surface area (TPSA) is 74.8 Å². The van der Waals surface area contributed by atoms with Gasteiger partial charge in [0.1, 0.15) is 19.6 Å². The molecular weight excluding hydrogens is 248 g/mol. The minimum Gasteiger partial charge on any atom is -0.327 e. The first kappa shape index (κ1) is 13.7. The van der Waals surface area contributed by atoms with Gasteiger partial charge in [-0.25, -0.2) is 0 Å². The van der Waals surface area contributed by atoms with Gasteiger partial charge in [0.15, 0.2) is 17.0 Å². The fourth-order valence-electron chi connectivity index (χ4n) is 4.54. The summed E-state index contributed by atoms with van der Waals surface area (Å²) in [5.41, 5.74) is -2.38. The highest BCUT2D eigenvalue weighted by Crippen LogP contribution is 2.48. The lowest BCUT2D eigenvalue weighted by atomic mass is 9.80. The Morgan fingerprint density at radius 2 is 1.00 bits per heavy atom. The molecule has 0 aromatic carbocycles. The van der Waals surface area contributed by atoms with Crippen molar-refractivity contribution in [3.05, 3.63) is 0 Å². The van der Waals surface area contributed by atoms with Crippen LogP contribution in [0.5, 0.6) is 0 Å². The highest BCUT2D eigenvalue weighted by atomic mass is 16.6. The summed E-state index contributed by atoms with van der Waals surface area (Å²) in [7, 11) is 0. The summed E-state index contributed by atoms with van der Waals surface area (Å²) in [6, 6.07) is 0. The number of rotatable bonds is 3. The number of nitrogens with zero attached hydrogens (tertiary/aromatic N) is 3. The van der Waals surface area contributed by atoms with Crippen molar-refractivity contribution in [2.45, 2.75) is 57.0 Å². The van der Waals surface area contributed by atoms with Gasteiger partial charge in [-0.1, -0.05) is 20.8 Å². The molecule has 19 heavy (non-hydrogen) atoms. The van der Waals surface area contributed by atoms with Crippen molar-refractivity contribution in [2.24, 2.45) is 0 Å². The van der Waals surface area contributed by atoms with Crippen LogP contribution in [0.1, 0.15) is 40.0 Å². The molecule has 0 atom stereocenters. The van der Waals surface area contributed by atoms with Crippen molar-refractivity contribution < 1.29 is 20.5 Å². The second kappa shape index (κ2) is 3.88. The summed E-state index contributed by atoms with van der Waals surface area (Å²) in [6.07, 6.45) is 1.84. The highest BCUT2D eigenvalue weighted by Gasteiger charge is 2.76. The van der Waals surface area contributed by atoms with E-state index < -0.39 is 17.0 Å². The van der Waals surface area contributed by atoms with E-state index in [1.807, 2.05) is 20.8 Å². The van der Waals surface area contributed by atoms with Crippen LogP contribution in [0.4, 0.5) is 0 Å². The predicted octanol–water partition coefficient (Wildman–Crippen LogP) is -0.695. The van der Waals surface area contributed by atoms with Crippen LogP contribution in [0.15, 0.2) is 0 Å². The predicted molar refractivity (Wildman–Crippen MR) is 65.5 cm³/mol. The number of hydrogen-bond acceptors (Lipinski definition) is 6. The molecule has 0 saturated carbocycles. The van der Waals surface area contributed by atoms with Gasteiger partial charge >= 0.3 is 0 Å². The first-order valence-electron chi connectivity index (χ1n) is 7.24. The molecule has 4 bridgehead atoms. The standard InChI is InChI=1S/C12H24N4O3/c1-4-10-7-13-8-11(5-2,14(10)17)16(19)12(6-3,9-13)15(10)18/h17-19H,4-9H2,1-3H3/p+1. The van der Waals surface area contributed by atoms with E-state index in [0.29, 0.717) is 38.9 Å². The van der Waals surface area contributed by atoms with Gasteiger partial charge in [0, 0.05) is 0 Å². The molecule has 0 aliphatic carbocycles. The summed E-state index contributed by atoms with van der Waals surface area (Å²) < 4.78 is 0. The van der Waals surface area contributed by atoms with Gasteiger partial charge in [-0.3, -0.25) is 0 Å². The minimum absolute atomic E-state index is 0.612. The Labute approximate surface area is 113 Å². The van der Waals surface area contributed by atoms with Gasteiger partial charge < -0.3 is 20.5 Å². The van der Waals surface area contributed by atoms with E-state index >= 15 is 0 Å².